The van der Waals surface area contributed by atoms with Crippen LogP contribution in [0.5, 0.6) is 0 Å². The number of benzene rings is 1. The Bertz CT molecular complexity index is 470. The Morgan fingerprint density at radius 1 is 1.53 bits per heavy atom. The number of nitrogen functional groups attached to an aromatic ring is 1. The fraction of sp³-hybridized carbons (Fsp3) is 0.462. The molecule has 0 aliphatic heterocycles. The highest BCUT2D eigenvalue weighted by atomic mass is 79.9. The minimum absolute atomic E-state index is 0.0631. The molecule has 6 heteroatoms. The lowest BCUT2D eigenvalue weighted by atomic mass is 10.3. The number of halogens is 2. The van der Waals surface area contributed by atoms with Crippen molar-refractivity contribution >= 4 is 39.3 Å². The van der Waals surface area contributed by atoms with Crippen molar-refractivity contribution in [2.75, 3.05) is 5.73 Å². The Kier molecular flexibility index (Phi) is 6.13. The minimum atomic E-state index is -0.481. The van der Waals surface area contributed by atoms with Crippen LogP contribution >= 0.6 is 27.7 Å². The Morgan fingerprint density at radius 3 is 2.74 bits per heavy atom. The fourth-order valence-electron chi connectivity index (χ4n) is 1.25. The minimum Gasteiger partial charge on any atom is -0.462 e. The first kappa shape index (κ1) is 16.3. The standard InChI is InChI=1S/C13H17BrFNO2S/c1-4-7(2)18-13(17)8(3)19-12-6-11(16)10(15)5-9(12)14/h5-8H,4,16H2,1-3H3. The first-order chi connectivity index (χ1) is 8.85. The molecule has 2 unspecified atom stereocenters. The van der Waals surface area contributed by atoms with Crippen LogP contribution in [-0.4, -0.2) is 17.3 Å². The van der Waals surface area contributed by atoms with E-state index in [-0.39, 0.29) is 23.0 Å². The highest BCUT2D eigenvalue weighted by Gasteiger charge is 2.19. The molecule has 0 aromatic heterocycles. The smallest absolute Gasteiger partial charge is 0.319 e. The van der Waals surface area contributed by atoms with Crippen LogP contribution < -0.4 is 5.73 Å². The van der Waals surface area contributed by atoms with Gasteiger partial charge in [0.05, 0.1) is 11.8 Å². The zero-order valence-electron chi connectivity index (χ0n) is 11.1. The highest BCUT2D eigenvalue weighted by molar-refractivity contribution is 9.10. The first-order valence-electron chi connectivity index (χ1n) is 5.96. The van der Waals surface area contributed by atoms with Crippen molar-refractivity contribution in [1.82, 2.24) is 0 Å². The van der Waals surface area contributed by atoms with Gasteiger partial charge in [0.15, 0.2) is 0 Å². The molecular weight excluding hydrogens is 333 g/mol. The van der Waals surface area contributed by atoms with Crippen molar-refractivity contribution in [2.24, 2.45) is 0 Å². The second kappa shape index (κ2) is 7.14. The molecule has 2 atom stereocenters. The number of nitrogens with two attached hydrogens (primary N) is 1. The summed E-state index contributed by atoms with van der Waals surface area (Å²) < 4.78 is 19.0. The molecule has 0 radical (unpaired) electrons. The van der Waals surface area contributed by atoms with E-state index in [0.29, 0.717) is 9.37 Å². The molecule has 0 fully saturated rings. The van der Waals surface area contributed by atoms with E-state index >= 15 is 0 Å². The molecule has 2 N–H and O–H groups in total. The lowest BCUT2D eigenvalue weighted by molar-refractivity contribution is -0.147. The predicted molar refractivity (Wildman–Crippen MR) is 79.7 cm³/mol. The molecule has 0 saturated carbocycles. The van der Waals surface area contributed by atoms with Gasteiger partial charge in [-0.05, 0) is 48.3 Å². The molecular formula is C13H17BrFNO2S. The van der Waals surface area contributed by atoms with Crippen LogP contribution in [0.15, 0.2) is 21.5 Å². The summed E-state index contributed by atoms with van der Waals surface area (Å²) in [5.74, 6) is -0.764. The summed E-state index contributed by atoms with van der Waals surface area (Å²) in [5.41, 5.74) is 5.58. The number of ether oxygens (including phenoxy) is 1. The monoisotopic (exact) mass is 349 g/mol. The lowest BCUT2D eigenvalue weighted by Crippen LogP contribution is -2.22. The number of hydrogen-bond donors (Lipinski definition) is 1. The van der Waals surface area contributed by atoms with Gasteiger partial charge in [-0.15, -0.1) is 11.8 Å². The maximum atomic E-state index is 13.2. The molecule has 106 valence electrons. The van der Waals surface area contributed by atoms with E-state index in [4.69, 9.17) is 10.5 Å². The molecule has 0 spiro atoms. The van der Waals surface area contributed by atoms with Gasteiger partial charge in [0.25, 0.3) is 0 Å². The van der Waals surface area contributed by atoms with E-state index in [0.717, 1.165) is 6.42 Å². The number of hydrogen-bond acceptors (Lipinski definition) is 4. The molecule has 1 aromatic rings. The number of esters is 1. The third-order valence-electron chi connectivity index (χ3n) is 2.58. The summed E-state index contributed by atoms with van der Waals surface area (Å²) in [6.45, 7) is 5.55. The number of rotatable bonds is 5. The number of thioether (sulfide) groups is 1. The normalized spacial score (nSPS) is 13.9. The van der Waals surface area contributed by atoms with Crippen LogP contribution in [0.4, 0.5) is 10.1 Å². The number of carbonyl (C=O) groups excluding carboxylic acids is 1. The average molecular weight is 350 g/mol. The van der Waals surface area contributed by atoms with E-state index in [2.05, 4.69) is 15.9 Å². The Labute approximate surface area is 125 Å². The van der Waals surface area contributed by atoms with Crippen molar-refractivity contribution in [3.05, 3.63) is 22.4 Å². The van der Waals surface area contributed by atoms with E-state index in [1.54, 1.807) is 6.92 Å². The van der Waals surface area contributed by atoms with Crippen LogP contribution in [0.1, 0.15) is 27.2 Å². The molecule has 19 heavy (non-hydrogen) atoms. The molecule has 0 saturated heterocycles. The van der Waals surface area contributed by atoms with Crippen molar-refractivity contribution in [1.29, 1.82) is 0 Å². The summed E-state index contributed by atoms with van der Waals surface area (Å²) in [6.07, 6.45) is 0.674. The van der Waals surface area contributed by atoms with E-state index in [1.165, 1.54) is 23.9 Å². The summed E-state index contributed by atoms with van der Waals surface area (Å²) >= 11 is 4.54. The van der Waals surface area contributed by atoms with Crippen molar-refractivity contribution < 1.29 is 13.9 Å². The molecule has 0 bridgehead atoms. The molecule has 3 nitrogen and oxygen atoms in total. The average Bonchev–Trinajstić information content (AvgIpc) is 2.35. The van der Waals surface area contributed by atoms with Gasteiger partial charge in [-0.1, -0.05) is 6.92 Å². The van der Waals surface area contributed by atoms with Crippen molar-refractivity contribution in [3.63, 3.8) is 0 Å². The van der Waals surface area contributed by atoms with Crippen LogP contribution in [0.25, 0.3) is 0 Å². The maximum Gasteiger partial charge on any atom is 0.319 e. The molecule has 1 aromatic carbocycles. The van der Waals surface area contributed by atoms with E-state index < -0.39 is 5.82 Å². The Balaban J connectivity index is 2.74. The van der Waals surface area contributed by atoms with E-state index in [9.17, 15) is 9.18 Å². The highest BCUT2D eigenvalue weighted by Crippen LogP contribution is 2.34. The molecule has 1 rings (SSSR count). The maximum absolute atomic E-state index is 13.2. The fourth-order valence-corrected chi connectivity index (χ4v) is 2.75. The van der Waals surface area contributed by atoms with Gasteiger partial charge in [-0.2, -0.15) is 0 Å². The van der Waals surface area contributed by atoms with Gasteiger partial charge < -0.3 is 10.5 Å². The van der Waals surface area contributed by atoms with Crippen LogP contribution in [0, 0.1) is 5.82 Å². The zero-order valence-corrected chi connectivity index (χ0v) is 13.5. The summed E-state index contributed by atoms with van der Waals surface area (Å²) in [7, 11) is 0. The third-order valence-corrected chi connectivity index (χ3v) is 4.64. The summed E-state index contributed by atoms with van der Waals surface area (Å²) in [6, 6.07) is 2.81. The number of anilines is 1. The Morgan fingerprint density at radius 2 is 2.16 bits per heavy atom. The van der Waals surface area contributed by atoms with Crippen LogP contribution in [-0.2, 0) is 9.53 Å². The van der Waals surface area contributed by atoms with Crippen LogP contribution in [0.2, 0.25) is 0 Å². The SMILES string of the molecule is CCC(C)OC(=O)C(C)Sc1cc(N)c(F)cc1Br. The lowest BCUT2D eigenvalue weighted by Gasteiger charge is -2.16. The van der Waals surface area contributed by atoms with E-state index in [1.807, 2.05) is 13.8 Å². The topological polar surface area (TPSA) is 52.3 Å². The predicted octanol–water partition coefficient (Wildman–Crippen LogP) is 3.99. The van der Waals surface area contributed by atoms with Crippen molar-refractivity contribution in [2.45, 2.75) is 43.4 Å². The van der Waals surface area contributed by atoms with Crippen LogP contribution in [0.3, 0.4) is 0 Å². The summed E-state index contributed by atoms with van der Waals surface area (Å²) in [5, 5.41) is -0.379. The van der Waals surface area contributed by atoms with Gasteiger partial charge in [0.1, 0.15) is 11.1 Å². The van der Waals surface area contributed by atoms with Gasteiger partial charge in [0, 0.05) is 9.37 Å². The molecule has 0 heterocycles. The second-order valence-electron chi connectivity index (χ2n) is 4.22. The first-order valence-corrected chi connectivity index (χ1v) is 7.64. The van der Waals surface area contributed by atoms with Crippen molar-refractivity contribution in [3.8, 4) is 0 Å². The second-order valence-corrected chi connectivity index (χ2v) is 6.46. The Hall–Kier alpha value is -0.750. The zero-order chi connectivity index (χ0) is 14.6. The quantitative estimate of drug-likeness (QED) is 0.496. The number of carbonyl (C=O) groups is 1. The molecule has 0 aliphatic carbocycles. The third kappa shape index (κ3) is 4.69. The van der Waals surface area contributed by atoms with Gasteiger partial charge >= 0.3 is 5.97 Å². The van der Waals surface area contributed by atoms with Gasteiger partial charge in [-0.25, -0.2) is 4.39 Å². The molecule has 0 aliphatic rings. The summed E-state index contributed by atoms with van der Waals surface area (Å²) in [4.78, 5) is 12.5. The largest absolute Gasteiger partial charge is 0.462 e. The van der Waals surface area contributed by atoms with Gasteiger partial charge in [0.2, 0.25) is 0 Å². The van der Waals surface area contributed by atoms with Gasteiger partial charge in [-0.3, -0.25) is 4.79 Å². The molecule has 0 amide bonds.